The van der Waals surface area contributed by atoms with Crippen LogP contribution in [0.1, 0.15) is 38.7 Å². The molecule has 0 bridgehead atoms. The fourth-order valence-corrected chi connectivity index (χ4v) is 4.37. The highest BCUT2D eigenvalue weighted by Gasteiger charge is 2.34. The van der Waals surface area contributed by atoms with E-state index in [1.54, 1.807) is 0 Å². The summed E-state index contributed by atoms with van der Waals surface area (Å²) in [6, 6.07) is 9.17. The second kappa shape index (κ2) is 9.67. The van der Waals surface area contributed by atoms with Gasteiger partial charge >= 0.3 is 0 Å². The summed E-state index contributed by atoms with van der Waals surface area (Å²) in [7, 11) is 0. The highest BCUT2D eigenvalue weighted by atomic mass is 16.5. The minimum Gasteiger partial charge on any atom is -0.379 e. The van der Waals surface area contributed by atoms with Crippen molar-refractivity contribution in [1.29, 1.82) is 0 Å². The lowest BCUT2D eigenvalue weighted by molar-refractivity contribution is -0.116. The summed E-state index contributed by atoms with van der Waals surface area (Å²) in [4.78, 5) is 17.6. The van der Waals surface area contributed by atoms with Gasteiger partial charge in [-0.1, -0.05) is 17.7 Å². The van der Waals surface area contributed by atoms with Crippen LogP contribution in [0.4, 0.5) is 5.69 Å². The number of likely N-dealkylation sites (tertiary alicyclic amines) is 1. The SMILES string of the molecule is Cc1ccc(NC(=O)CC[C@H]2CN(C(C)C)CC[C@H]2N2CCOCC2)cc1. The molecule has 0 unspecified atom stereocenters. The molecule has 150 valence electrons. The number of morpholine rings is 1. The summed E-state index contributed by atoms with van der Waals surface area (Å²) in [6.45, 7) is 12.6. The third kappa shape index (κ3) is 5.77. The number of hydrogen-bond donors (Lipinski definition) is 1. The Morgan fingerprint density at radius 3 is 2.56 bits per heavy atom. The molecule has 0 radical (unpaired) electrons. The van der Waals surface area contributed by atoms with E-state index in [9.17, 15) is 4.79 Å². The number of carbonyl (C=O) groups is 1. The molecule has 2 aliphatic rings. The first-order chi connectivity index (χ1) is 13.0. The summed E-state index contributed by atoms with van der Waals surface area (Å²) in [6.07, 6.45) is 2.73. The Hall–Kier alpha value is -1.43. The number of amides is 1. The third-order valence-corrected chi connectivity index (χ3v) is 6.05. The van der Waals surface area contributed by atoms with Gasteiger partial charge < -0.3 is 15.0 Å². The highest BCUT2D eigenvalue weighted by Crippen LogP contribution is 2.28. The number of anilines is 1. The first-order valence-corrected chi connectivity index (χ1v) is 10.5. The molecule has 2 heterocycles. The van der Waals surface area contributed by atoms with E-state index >= 15 is 0 Å². The van der Waals surface area contributed by atoms with Gasteiger partial charge in [0.1, 0.15) is 0 Å². The number of hydrogen-bond acceptors (Lipinski definition) is 4. The molecule has 2 atom stereocenters. The summed E-state index contributed by atoms with van der Waals surface area (Å²) < 4.78 is 5.54. The van der Waals surface area contributed by atoms with Crippen LogP contribution in [0.2, 0.25) is 0 Å². The molecule has 1 aromatic rings. The molecule has 1 aromatic carbocycles. The number of carbonyl (C=O) groups excluding carboxylic acids is 1. The van der Waals surface area contributed by atoms with Gasteiger partial charge in [0.2, 0.25) is 5.91 Å². The minimum atomic E-state index is 0.126. The van der Waals surface area contributed by atoms with Gasteiger partial charge in [0.25, 0.3) is 0 Å². The van der Waals surface area contributed by atoms with Gasteiger partial charge in [-0.3, -0.25) is 9.69 Å². The topological polar surface area (TPSA) is 44.8 Å². The number of benzene rings is 1. The molecule has 0 aliphatic carbocycles. The van der Waals surface area contributed by atoms with E-state index in [2.05, 4.69) is 35.9 Å². The summed E-state index contributed by atoms with van der Waals surface area (Å²) in [5.74, 6) is 0.671. The van der Waals surface area contributed by atoms with Crippen LogP contribution in [0.25, 0.3) is 0 Å². The van der Waals surface area contributed by atoms with Crippen LogP contribution in [0.3, 0.4) is 0 Å². The maximum Gasteiger partial charge on any atom is 0.224 e. The fourth-order valence-electron chi connectivity index (χ4n) is 4.37. The van der Waals surface area contributed by atoms with Gasteiger partial charge in [-0.2, -0.15) is 0 Å². The number of rotatable bonds is 6. The van der Waals surface area contributed by atoms with Crippen LogP contribution in [-0.2, 0) is 9.53 Å². The van der Waals surface area contributed by atoms with E-state index in [4.69, 9.17) is 4.74 Å². The Morgan fingerprint density at radius 1 is 1.19 bits per heavy atom. The molecule has 5 nitrogen and oxygen atoms in total. The Bertz CT molecular complexity index is 596. The van der Waals surface area contributed by atoms with Crippen LogP contribution in [0.5, 0.6) is 0 Å². The van der Waals surface area contributed by atoms with E-state index in [0.29, 0.717) is 24.4 Å². The standard InChI is InChI=1S/C22H35N3O2/c1-17(2)25-11-10-21(24-12-14-27-15-13-24)19(16-25)6-9-22(26)23-20-7-4-18(3)5-8-20/h4-5,7-8,17,19,21H,6,9-16H2,1-3H3,(H,23,26)/t19-,21+/m0/s1. The Kier molecular flexibility index (Phi) is 7.27. The zero-order chi connectivity index (χ0) is 19.2. The summed E-state index contributed by atoms with van der Waals surface area (Å²) in [5.41, 5.74) is 2.10. The van der Waals surface area contributed by atoms with E-state index in [-0.39, 0.29) is 5.91 Å². The quantitative estimate of drug-likeness (QED) is 0.832. The Balaban J connectivity index is 1.57. The van der Waals surface area contributed by atoms with Gasteiger partial charge in [0.05, 0.1) is 13.2 Å². The van der Waals surface area contributed by atoms with Crippen molar-refractivity contribution >= 4 is 11.6 Å². The van der Waals surface area contributed by atoms with Crippen LogP contribution < -0.4 is 5.32 Å². The first-order valence-electron chi connectivity index (χ1n) is 10.5. The molecule has 2 saturated heterocycles. The smallest absolute Gasteiger partial charge is 0.224 e. The van der Waals surface area contributed by atoms with Crippen molar-refractivity contribution < 1.29 is 9.53 Å². The van der Waals surface area contributed by atoms with E-state index in [1.807, 2.05) is 24.3 Å². The zero-order valence-electron chi connectivity index (χ0n) is 17.1. The molecule has 3 rings (SSSR count). The molecule has 2 fully saturated rings. The van der Waals surface area contributed by atoms with Crippen molar-refractivity contribution in [2.75, 3.05) is 44.7 Å². The van der Waals surface area contributed by atoms with Crippen molar-refractivity contribution in [3.8, 4) is 0 Å². The lowest BCUT2D eigenvalue weighted by Gasteiger charge is -2.46. The van der Waals surface area contributed by atoms with Crippen LogP contribution in [-0.4, -0.2) is 67.2 Å². The van der Waals surface area contributed by atoms with E-state index < -0.39 is 0 Å². The third-order valence-electron chi connectivity index (χ3n) is 6.05. The van der Waals surface area contributed by atoms with Gasteiger partial charge in [0, 0.05) is 43.8 Å². The number of nitrogens with one attached hydrogen (secondary N) is 1. The molecule has 27 heavy (non-hydrogen) atoms. The minimum absolute atomic E-state index is 0.126. The van der Waals surface area contributed by atoms with Crippen LogP contribution in [0.15, 0.2) is 24.3 Å². The molecule has 1 N–H and O–H groups in total. The van der Waals surface area contributed by atoms with E-state index in [0.717, 1.165) is 51.5 Å². The molecule has 0 aromatic heterocycles. The lowest BCUT2D eigenvalue weighted by Crippen LogP contribution is -2.55. The average molecular weight is 374 g/mol. The van der Waals surface area contributed by atoms with Crippen LogP contribution >= 0.6 is 0 Å². The number of aryl methyl sites for hydroxylation is 1. The second-order valence-corrected chi connectivity index (χ2v) is 8.31. The van der Waals surface area contributed by atoms with Crippen molar-refractivity contribution in [3.63, 3.8) is 0 Å². The fraction of sp³-hybridized carbons (Fsp3) is 0.682. The predicted octanol–water partition coefficient (Wildman–Crippen LogP) is 3.14. The maximum absolute atomic E-state index is 12.5. The zero-order valence-corrected chi connectivity index (χ0v) is 17.1. The molecule has 2 aliphatic heterocycles. The number of nitrogens with zero attached hydrogens (tertiary/aromatic N) is 2. The summed E-state index contributed by atoms with van der Waals surface area (Å²) in [5, 5.41) is 3.05. The van der Waals surface area contributed by atoms with Gasteiger partial charge in [0.15, 0.2) is 0 Å². The Labute approximate surface area is 164 Å². The molecular formula is C22H35N3O2. The van der Waals surface area contributed by atoms with Crippen molar-refractivity contribution in [2.24, 2.45) is 5.92 Å². The van der Waals surface area contributed by atoms with Crippen molar-refractivity contribution in [3.05, 3.63) is 29.8 Å². The molecule has 0 spiro atoms. The van der Waals surface area contributed by atoms with Crippen molar-refractivity contribution in [2.45, 2.75) is 52.1 Å². The largest absolute Gasteiger partial charge is 0.379 e. The predicted molar refractivity (Wildman–Crippen MR) is 110 cm³/mol. The van der Waals surface area contributed by atoms with E-state index in [1.165, 1.54) is 12.0 Å². The normalized spacial score (nSPS) is 24.9. The first kappa shape index (κ1) is 20.3. The Morgan fingerprint density at radius 2 is 1.89 bits per heavy atom. The molecular weight excluding hydrogens is 338 g/mol. The van der Waals surface area contributed by atoms with Crippen LogP contribution in [0, 0.1) is 12.8 Å². The molecule has 0 saturated carbocycles. The second-order valence-electron chi connectivity index (χ2n) is 8.31. The number of piperidine rings is 1. The van der Waals surface area contributed by atoms with Crippen molar-refractivity contribution in [1.82, 2.24) is 9.80 Å². The molecule has 1 amide bonds. The van der Waals surface area contributed by atoms with Gasteiger partial charge in [-0.15, -0.1) is 0 Å². The summed E-state index contributed by atoms with van der Waals surface area (Å²) >= 11 is 0. The molecule has 5 heteroatoms. The lowest BCUT2D eigenvalue weighted by atomic mass is 9.86. The van der Waals surface area contributed by atoms with Gasteiger partial charge in [-0.25, -0.2) is 0 Å². The van der Waals surface area contributed by atoms with Gasteiger partial charge in [-0.05, 0) is 58.2 Å². The highest BCUT2D eigenvalue weighted by molar-refractivity contribution is 5.90. The number of ether oxygens (including phenoxy) is 1. The maximum atomic E-state index is 12.5. The average Bonchev–Trinajstić information content (AvgIpc) is 2.68. The monoisotopic (exact) mass is 373 g/mol.